The number of hydrogen-bond donors (Lipinski definition) is 1. The molecule has 0 radical (unpaired) electrons. The quantitative estimate of drug-likeness (QED) is 0.284. The second kappa shape index (κ2) is 19.1. The Hall–Kier alpha value is 0.0100. The molecule has 0 heterocycles. The van der Waals surface area contributed by atoms with Gasteiger partial charge in [0.25, 0.3) is 0 Å². The van der Waals surface area contributed by atoms with Crippen molar-refractivity contribution in [2.24, 2.45) is 0 Å². The van der Waals surface area contributed by atoms with Crippen molar-refractivity contribution in [1.29, 1.82) is 0 Å². The summed E-state index contributed by atoms with van der Waals surface area (Å²) >= 11 is 0. The van der Waals surface area contributed by atoms with E-state index in [9.17, 15) is 9.90 Å². The molecule has 0 saturated heterocycles. The first-order valence-corrected chi connectivity index (χ1v) is 8.74. The summed E-state index contributed by atoms with van der Waals surface area (Å²) < 4.78 is 0. The third-order valence-electron chi connectivity index (χ3n) is 3.74. The van der Waals surface area contributed by atoms with Gasteiger partial charge in [0.1, 0.15) is 0 Å². The fourth-order valence-electron chi connectivity index (χ4n) is 2.40. The summed E-state index contributed by atoms with van der Waals surface area (Å²) in [5.74, 6) is -0.371. The Morgan fingerprint density at radius 1 is 0.864 bits per heavy atom. The molecule has 0 atom stereocenters. The normalized spacial score (nSPS) is 11.2. The van der Waals surface area contributed by atoms with Crippen molar-refractivity contribution in [2.75, 3.05) is 0 Å². The monoisotopic (exact) mass is 320 g/mol. The molecule has 0 amide bonds. The Morgan fingerprint density at radius 3 is 1.95 bits per heavy atom. The van der Waals surface area contributed by atoms with Gasteiger partial charge in [-0.05, 0) is 25.7 Å². The molecule has 4 heteroatoms. The summed E-state index contributed by atoms with van der Waals surface area (Å²) in [5, 5.41) is 20.1. The zero-order valence-corrected chi connectivity index (χ0v) is 16.7. The number of rotatable bonds is 15. The molecule has 0 spiro atoms. The van der Waals surface area contributed by atoms with E-state index in [0.29, 0.717) is 12.2 Å². The molecule has 0 bridgehead atoms. The van der Waals surface area contributed by atoms with E-state index in [2.05, 4.69) is 6.92 Å². The third-order valence-corrected chi connectivity index (χ3v) is 3.74. The van der Waals surface area contributed by atoms with Crippen LogP contribution in [0.25, 0.3) is 0 Å². The van der Waals surface area contributed by atoms with Crippen LogP contribution < -0.4 is 34.7 Å². The molecule has 124 valence electrons. The smallest absolute Gasteiger partial charge is 0.876 e. The maximum atomic E-state index is 11.6. The number of hydrogen-bond acceptors (Lipinski definition) is 2. The van der Waals surface area contributed by atoms with Crippen molar-refractivity contribution in [3.8, 4) is 0 Å². The Morgan fingerprint density at radius 2 is 1.36 bits per heavy atom. The van der Waals surface area contributed by atoms with Crippen LogP contribution in [-0.4, -0.2) is 11.1 Å². The first-order valence-electron chi connectivity index (χ1n) is 8.74. The predicted molar refractivity (Wildman–Crippen MR) is 86.0 cm³/mol. The molecule has 0 saturated carbocycles. The predicted octanol–water partition coefficient (Wildman–Crippen LogP) is 1.80. The van der Waals surface area contributed by atoms with Gasteiger partial charge in [0.2, 0.25) is 0 Å². The second-order valence-corrected chi connectivity index (χ2v) is 5.89. The Bertz CT molecular complexity index is 278. The van der Waals surface area contributed by atoms with Crippen LogP contribution >= 0.6 is 0 Å². The van der Waals surface area contributed by atoms with E-state index in [4.69, 9.17) is 5.11 Å². The van der Waals surface area contributed by atoms with Crippen LogP contribution in [0.2, 0.25) is 0 Å². The molecule has 0 fully saturated rings. The zero-order chi connectivity index (χ0) is 15.8. The van der Waals surface area contributed by atoms with Gasteiger partial charge in [-0.15, -0.1) is 5.76 Å². The van der Waals surface area contributed by atoms with E-state index < -0.39 is 5.97 Å². The summed E-state index contributed by atoms with van der Waals surface area (Å²) in [7, 11) is 0. The van der Waals surface area contributed by atoms with Crippen molar-refractivity contribution in [1.82, 2.24) is 0 Å². The molecular weight excluding hydrogens is 287 g/mol. The fraction of sp³-hybridized carbons (Fsp3) is 0.833. The molecule has 0 aliphatic rings. The van der Waals surface area contributed by atoms with Crippen molar-refractivity contribution in [3.63, 3.8) is 0 Å². The van der Waals surface area contributed by atoms with Crippen molar-refractivity contribution >= 4 is 5.97 Å². The van der Waals surface area contributed by atoms with E-state index in [1.807, 2.05) is 6.08 Å². The standard InChI is InChI=1S/C18H34O3.Na/c1-2-3-4-11-14-17(19)15-12-9-7-5-6-8-10-13-16-18(20)21;/h15,19H,2-14,16H2,1H3,(H,20,21);/q;+1/p-1. The van der Waals surface area contributed by atoms with Crippen LogP contribution in [0.5, 0.6) is 0 Å². The average molecular weight is 320 g/mol. The van der Waals surface area contributed by atoms with Gasteiger partial charge >= 0.3 is 35.5 Å². The van der Waals surface area contributed by atoms with Crippen LogP contribution in [0.4, 0.5) is 0 Å². The molecule has 0 unspecified atom stereocenters. The summed E-state index contributed by atoms with van der Waals surface area (Å²) in [6.45, 7) is 2.18. The average Bonchev–Trinajstić information content (AvgIpc) is 2.45. The van der Waals surface area contributed by atoms with Crippen molar-refractivity contribution in [3.05, 3.63) is 11.8 Å². The van der Waals surface area contributed by atoms with E-state index >= 15 is 0 Å². The van der Waals surface area contributed by atoms with Crippen molar-refractivity contribution < 1.29 is 44.6 Å². The van der Waals surface area contributed by atoms with E-state index in [1.54, 1.807) is 0 Å². The Kier molecular flexibility index (Phi) is 21.0. The van der Waals surface area contributed by atoms with Gasteiger partial charge in [-0.3, -0.25) is 4.79 Å². The van der Waals surface area contributed by atoms with Crippen molar-refractivity contribution in [2.45, 2.75) is 96.8 Å². The Balaban J connectivity index is 0. The minimum atomic E-state index is -0.690. The van der Waals surface area contributed by atoms with Gasteiger partial charge in [0.05, 0.1) is 0 Å². The van der Waals surface area contributed by atoms with Gasteiger partial charge < -0.3 is 10.2 Å². The summed E-state index contributed by atoms with van der Waals surface area (Å²) in [6.07, 6.45) is 16.1. The molecule has 0 aliphatic heterocycles. The Labute approximate surface area is 158 Å². The second-order valence-electron chi connectivity index (χ2n) is 5.89. The van der Waals surface area contributed by atoms with Gasteiger partial charge in [0.15, 0.2) is 0 Å². The van der Waals surface area contributed by atoms with E-state index in [0.717, 1.165) is 44.9 Å². The van der Waals surface area contributed by atoms with E-state index in [1.165, 1.54) is 38.5 Å². The molecule has 3 nitrogen and oxygen atoms in total. The minimum absolute atomic E-state index is 0. The van der Waals surface area contributed by atoms with Gasteiger partial charge in [-0.25, -0.2) is 0 Å². The molecule has 0 aromatic rings. The van der Waals surface area contributed by atoms with Gasteiger partial charge in [-0.2, -0.15) is 0 Å². The summed E-state index contributed by atoms with van der Waals surface area (Å²) in [6, 6.07) is 0. The zero-order valence-electron chi connectivity index (χ0n) is 14.7. The summed E-state index contributed by atoms with van der Waals surface area (Å²) in [4.78, 5) is 10.3. The first kappa shape index (κ1) is 24.3. The number of carboxylic acids is 1. The van der Waals surface area contributed by atoms with Gasteiger partial charge in [-0.1, -0.05) is 70.8 Å². The summed E-state index contributed by atoms with van der Waals surface area (Å²) in [5.41, 5.74) is 0. The molecular formula is C18H33NaO3. The molecule has 0 rings (SSSR count). The third kappa shape index (κ3) is 20.0. The van der Waals surface area contributed by atoms with Crippen LogP contribution in [0, 0.1) is 0 Å². The van der Waals surface area contributed by atoms with Crippen LogP contribution in [0.1, 0.15) is 96.8 Å². The number of carbonyl (C=O) groups is 1. The first-order chi connectivity index (χ1) is 10.2. The molecule has 1 N–H and O–H groups in total. The topological polar surface area (TPSA) is 60.4 Å². The van der Waals surface area contributed by atoms with Crippen LogP contribution in [-0.2, 0) is 4.79 Å². The number of carboxylic acid groups (broad SMARTS) is 1. The number of unbranched alkanes of at least 4 members (excludes halogenated alkanes) is 10. The largest absolute Gasteiger partial charge is 1.00 e. The number of allylic oxidation sites excluding steroid dienone is 2. The van der Waals surface area contributed by atoms with Crippen LogP contribution in [0.15, 0.2) is 11.8 Å². The molecule has 0 aromatic carbocycles. The number of aliphatic carboxylic acids is 1. The molecule has 0 aromatic heterocycles. The fourth-order valence-corrected chi connectivity index (χ4v) is 2.40. The minimum Gasteiger partial charge on any atom is -0.876 e. The van der Waals surface area contributed by atoms with E-state index in [-0.39, 0.29) is 29.6 Å². The molecule has 0 aliphatic carbocycles. The SMILES string of the molecule is CCCCCCC([O-])=CCCCCCCCCCC(=O)O.[Na+]. The van der Waals surface area contributed by atoms with Gasteiger partial charge in [0, 0.05) is 6.42 Å². The van der Waals surface area contributed by atoms with Crippen LogP contribution in [0.3, 0.4) is 0 Å². The maximum Gasteiger partial charge on any atom is 1.00 e. The maximum absolute atomic E-state index is 11.6. The molecule has 22 heavy (non-hydrogen) atoms.